The Balaban J connectivity index is 0. The van der Waals surface area contributed by atoms with Crippen LogP contribution in [0.4, 0.5) is 0 Å². The smallest absolute Gasteiger partial charge is 0.147 e. The van der Waals surface area contributed by atoms with Crippen molar-refractivity contribution >= 4 is 32.2 Å². The molecule has 0 aromatic heterocycles. The Morgan fingerprint density at radius 1 is 1.15 bits per heavy atom. The molecule has 0 unspecified atom stereocenters. The molecule has 0 aliphatic heterocycles. The van der Waals surface area contributed by atoms with Gasteiger partial charge in [-0.3, -0.25) is 0 Å². The standard InChI is InChI=1S/C5H5.C4H10N.C2H7Si.4CH3.2ClH.Ti/c1-2-4-5-3-1;1-4(2,3)5;1-2-3;;;;;;;/h1-3H,4H2;5H,1-3H3;2-3H2,1H3;4*1H3;2*1H;/q;-1;;;;;;;;+1. The summed E-state index contributed by atoms with van der Waals surface area (Å²) in [5.74, 6) is 0. The molecule has 1 rings (SSSR count). The minimum absolute atomic E-state index is 0. The molecule has 1 N–H and O–H groups in total. The summed E-state index contributed by atoms with van der Waals surface area (Å²) in [7, 11) is -0.200. The number of hydrogen-bond acceptors (Lipinski definition) is 1. The zero-order valence-electron chi connectivity index (χ0n) is 14.7. The summed E-state index contributed by atoms with van der Waals surface area (Å²) < 4.78 is 5.96. The summed E-state index contributed by atoms with van der Waals surface area (Å²) in [5, 5.41) is 10.5. The van der Waals surface area contributed by atoms with Crippen LogP contribution in [0.3, 0.4) is 0 Å². The van der Waals surface area contributed by atoms with Crippen molar-refractivity contribution in [1.29, 1.82) is 0 Å². The normalized spacial score (nSPS) is 21.2. The molecule has 1 aliphatic rings. The van der Waals surface area contributed by atoms with Crippen molar-refractivity contribution in [2.75, 3.05) is 0 Å². The predicted octanol–water partition coefficient (Wildman–Crippen LogP) is 5.45. The van der Waals surface area contributed by atoms with Crippen molar-refractivity contribution in [1.82, 2.24) is 3.80 Å². The van der Waals surface area contributed by atoms with E-state index in [9.17, 15) is 0 Å². The van der Waals surface area contributed by atoms with Gasteiger partial charge in [0.25, 0.3) is 0 Å². The van der Waals surface area contributed by atoms with Gasteiger partial charge in [0.05, 0.1) is 0 Å². The van der Waals surface area contributed by atoms with Crippen LogP contribution < -0.4 is 3.80 Å². The van der Waals surface area contributed by atoms with Crippen LogP contribution in [-0.2, 0) is 12.3 Å². The van der Waals surface area contributed by atoms with Crippen LogP contribution in [0.15, 0.2) is 22.1 Å². The van der Waals surface area contributed by atoms with Crippen LogP contribution in [0.2, 0.25) is 27.0 Å². The van der Waals surface area contributed by atoms with E-state index in [1.807, 2.05) is 0 Å². The van der Waals surface area contributed by atoms with Gasteiger partial charge in [0.15, 0.2) is 0 Å². The van der Waals surface area contributed by atoms with Crippen molar-refractivity contribution < 1.29 is 12.3 Å². The van der Waals surface area contributed by atoms with E-state index in [0.717, 1.165) is 6.42 Å². The van der Waals surface area contributed by atoms with Gasteiger partial charge < -0.3 is 0 Å². The van der Waals surface area contributed by atoms with E-state index in [0.29, 0.717) is 0 Å². The van der Waals surface area contributed by atoms with Gasteiger partial charge in [0.2, 0.25) is 0 Å². The number of nitrogens with one attached hydrogen (secondary N) is 1. The molecule has 0 fully saturated rings. The van der Waals surface area contributed by atoms with Gasteiger partial charge in [-0.2, -0.15) is 0 Å². The molecule has 1 nitrogen and oxygen atoms in total. The molecule has 0 amide bonds. The molecule has 0 spiro atoms. The second-order valence-electron chi connectivity index (χ2n) is 11.3. The number of rotatable bonds is 4. The molecular formula is C15H36Cl2NSiTi. The maximum atomic E-state index is 4.24. The molecule has 20 heavy (non-hydrogen) atoms. The summed E-state index contributed by atoms with van der Waals surface area (Å²) in [4.78, 5) is 0. The van der Waals surface area contributed by atoms with Crippen LogP contribution >= 0.6 is 24.8 Å². The van der Waals surface area contributed by atoms with Crippen LogP contribution in [0.1, 0.15) is 34.1 Å². The first-order valence-electron chi connectivity index (χ1n) is 7.53. The van der Waals surface area contributed by atoms with Crippen molar-refractivity contribution in [3.05, 3.63) is 22.1 Å². The summed E-state index contributed by atoms with van der Waals surface area (Å²) in [5.41, 5.74) is 0.175. The number of allylic oxidation sites excluding steroid dienone is 4. The fourth-order valence-electron chi connectivity index (χ4n) is 4.92. The Kier molecular flexibility index (Phi) is 5.78. The van der Waals surface area contributed by atoms with E-state index < -0.39 is 12.3 Å². The summed E-state index contributed by atoms with van der Waals surface area (Å²) in [6.45, 7) is 9.34. The SMILES string of the molecule is CC[SiH2][Ti]([CH3])([CH3])([CH3])([CH3])([NH]C(C)(C)C)[C]1=CC=CC1.Cl.Cl. The summed E-state index contributed by atoms with van der Waals surface area (Å²) in [6, 6.07) is 1.37. The van der Waals surface area contributed by atoms with E-state index >= 15 is 0 Å². The second-order valence-corrected chi connectivity index (χ2v) is 52.7. The molecule has 0 saturated heterocycles. The molecule has 0 aromatic carbocycles. The molecule has 0 aromatic rings. The quantitative estimate of drug-likeness (QED) is 0.643. The zero-order valence-corrected chi connectivity index (χ0v) is 19.3. The Hall–Kier alpha value is 0.951. The van der Waals surface area contributed by atoms with Crippen molar-refractivity contribution in [2.24, 2.45) is 0 Å². The molecule has 0 saturated carbocycles. The van der Waals surface area contributed by atoms with Crippen LogP contribution in [0.25, 0.3) is 0 Å². The van der Waals surface area contributed by atoms with E-state index in [1.165, 1.54) is 6.04 Å². The van der Waals surface area contributed by atoms with Gasteiger partial charge in [-0.15, -0.1) is 24.8 Å². The maximum absolute atomic E-state index is 4.24. The molecule has 5 heteroatoms. The van der Waals surface area contributed by atoms with Gasteiger partial charge in [-0.1, -0.05) is 0 Å². The van der Waals surface area contributed by atoms with Gasteiger partial charge in [0, 0.05) is 0 Å². The number of hydrogen-bond donors (Lipinski definition) is 1. The van der Waals surface area contributed by atoms with Crippen molar-refractivity contribution in [3.8, 4) is 0 Å². The number of halogens is 2. The third-order valence-corrected chi connectivity index (χ3v) is 33.6. The molecule has 0 heterocycles. The zero-order chi connectivity index (χ0) is 14.4. The second kappa shape index (κ2) is 4.97. The fraction of sp³-hybridized carbons (Fsp3) is 0.733. The average molecular weight is 377 g/mol. The van der Waals surface area contributed by atoms with E-state index in [4.69, 9.17) is 0 Å². The van der Waals surface area contributed by atoms with E-state index in [1.54, 1.807) is 3.88 Å². The van der Waals surface area contributed by atoms with Crippen LogP contribution in [-0.4, -0.2) is 12.9 Å². The first kappa shape index (κ1) is 23.2. The molecule has 0 radical (unpaired) electrons. The maximum Gasteiger partial charge on any atom is -0.147 e. The minimum Gasteiger partial charge on any atom is -0.147 e. The largest absolute Gasteiger partial charge is 0.147 e. The Morgan fingerprint density at radius 2 is 1.65 bits per heavy atom. The molecule has 123 valence electrons. The first-order valence-corrected chi connectivity index (χ1v) is 20.4. The van der Waals surface area contributed by atoms with E-state index in [2.05, 4.69) is 70.6 Å². The summed E-state index contributed by atoms with van der Waals surface area (Å²) in [6.07, 6.45) is 8.16. The van der Waals surface area contributed by atoms with Gasteiger partial charge in [-0.25, -0.2) is 0 Å². The average Bonchev–Trinajstić information content (AvgIpc) is 2.48. The fourth-order valence-corrected chi connectivity index (χ4v) is 34.6. The third kappa shape index (κ3) is 4.72. The predicted molar refractivity (Wildman–Crippen MR) is 102 cm³/mol. The topological polar surface area (TPSA) is 12.0 Å². The monoisotopic (exact) mass is 376 g/mol. The summed E-state index contributed by atoms with van der Waals surface area (Å²) >= 11 is -3.70. The van der Waals surface area contributed by atoms with E-state index in [-0.39, 0.29) is 37.7 Å². The van der Waals surface area contributed by atoms with Crippen molar-refractivity contribution in [2.45, 2.75) is 66.6 Å². The Bertz CT molecular complexity index is 447. The molecular weight excluding hydrogens is 341 g/mol. The third-order valence-electron chi connectivity index (χ3n) is 4.97. The Labute approximate surface area is 136 Å². The van der Waals surface area contributed by atoms with Crippen molar-refractivity contribution in [3.63, 3.8) is 0 Å². The minimum atomic E-state index is -3.70. The van der Waals surface area contributed by atoms with Crippen LogP contribution in [0, 0.1) is 0 Å². The molecule has 0 bridgehead atoms. The van der Waals surface area contributed by atoms with Gasteiger partial charge in [-0.05, 0) is 0 Å². The van der Waals surface area contributed by atoms with Gasteiger partial charge in [0.1, 0.15) is 0 Å². The van der Waals surface area contributed by atoms with Crippen LogP contribution in [0.5, 0.6) is 0 Å². The molecule has 0 atom stereocenters. The first-order chi connectivity index (χ1) is 7.64. The molecule has 1 aliphatic carbocycles. The van der Waals surface area contributed by atoms with Gasteiger partial charge >= 0.3 is 112 Å². The Morgan fingerprint density at radius 3 is 1.95 bits per heavy atom.